The highest BCUT2D eigenvalue weighted by Gasteiger charge is 2.21. The number of benzene rings is 2. The molecule has 27 heavy (non-hydrogen) atoms. The van der Waals surface area contributed by atoms with Gasteiger partial charge in [-0.15, -0.1) is 11.8 Å². The van der Waals surface area contributed by atoms with Crippen LogP contribution in [0, 0.1) is 0 Å². The fourth-order valence-electron chi connectivity index (χ4n) is 2.40. The maximum atomic E-state index is 11.9. The Balaban J connectivity index is 1.37. The molecule has 1 heterocycles. The molecule has 0 radical (unpaired) electrons. The summed E-state index contributed by atoms with van der Waals surface area (Å²) in [7, 11) is 1.59. The number of para-hydroxylation sites is 2. The smallest absolute Gasteiger partial charge is 0.321 e. The van der Waals surface area contributed by atoms with Gasteiger partial charge in [0, 0.05) is 4.90 Å². The van der Waals surface area contributed by atoms with Gasteiger partial charge in [0.25, 0.3) is 0 Å². The van der Waals surface area contributed by atoms with Crippen LogP contribution < -0.4 is 24.8 Å². The van der Waals surface area contributed by atoms with Crippen LogP contribution in [0.5, 0.6) is 17.2 Å². The lowest BCUT2D eigenvalue weighted by Crippen LogP contribution is -2.46. The largest absolute Gasteiger partial charge is 0.497 e. The standard InChI is InChI=1S/C19H20N2O5S/c1-24-13-6-8-15(9-7-13)27-12-18(22)21-19(23)20-10-14-11-25-16-4-2-3-5-17(16)26-14/h2-9,14H,10-12H2,1H3,(H2,20,21,22,23). The third kappa shape index (κ3) is 5.55. The molecule has 0 aliphatic carbocycles. The Bertz CT molecular complexity index is 797. The average molecular weight is 388 g/mol. The second kappa shape index (κ2) is 9.18. The molecule has 0 spiro atoms. The number of ether oxygens (including phenoxy) is 3. The summed E-state index contributed by atoms with van der Waals surface area (Å²) in [5.74, 6) is 1.84. The normalized spacial score (nSPS) is 14.9. The van der Waals surface area contributed by atoms with Crippen LogP contribution in [0.1, 0.15) is 0 Å². The predicted octanol–water partition coefficient (Wildman–Crippen LogP) is 2.45. The van der Waals surface area contributed by atoms with Crippen molar-refractivity contribution in [3.8, 4) is 17.2 Å². The van der Waals surface area contributed by atoms with Gasteiger partial charge in [-0.25, -0.2) is 4.79 Å². The third-order valence-corrected chi connectivity index (χ3v) is 4.75. The molecule has 8 heteroatoms. The van der Waals surface area contributed by atoms with Crippen molar-refractivity contribution in [2.45, 2.75) is 11.0 Å². The summed E-state index contributed by atoms with van der Waals surface area (Å²) in [6.07, 6.45) is -0.311. The molecule has 2 N–H and O–H groups in total. The van der Waals surface area contributed by atoms with E-state index in [9.17, 15) is 9.59 Å². The fraction of sp³-hybridized carbons (Fsp3) is 0.263. The van der Waals surface area contributed by atoms with E-state index in [-0.39, 0.29) is 24.3 Å². The minimum absolute atomic E-state index is 0.135. The summed E-state index contributed by atoms with van der Waals surface area (Å²) in [5.41, 5.74) is 0. The summed E-state index contributed by atoms with van der Waals surface area (Å²) >= 11 is 1.34. The van der Waals surface area contributed by atoms with Gasteiger partial charge >= 0.3 is 6.03 Å². The molecule has 2 aromatic rings. The molecule has 1 aliphatic heterocycles. The first-order valence-electron chi connectivity index (χ1n) is 8.37. The Labute approximate surface area is 161 Å². The third-order valence-electron chi connectivity index (χ3n) is 3.74. The monoisotopic (exact) mass is 388 g/mol. The van der Waals surface area contributed by atoms with E-state index in [1.54, 1.807) is 7.11 Å². The lowest BCUT2D eigenvalue weighted by Gasteiger charge is -2.26. The van der Waals surface area contributed by atoms with Gasteiger partial charge in [0.05, 0.1) is 19.4 Å². The van der Waals surface area contributed by atoms with E-state index in [1.165, 1.54) is 11.8 Å². The summed E-state index contributed by atoms with van der Waals surface area (Å²) < 4.78 is 16.4. The number of amides is 3. The van der Waals surface area contributed by atoms with Gasteiger partial charge in [0.2, 0.25) is 5.91 Å². The molecule has 1 aliphatic rings. The van der Waals surface area contributed by atoms with Crippen LogP contribution in [0.25, 0.3) is 0 Å². The quantitative estimate of drug-likeness (QED) is 0.740. The molecule has 2 aromatic carbocycles. The minimum atomic E-state index is -0.558. The number of methoxy groups -OCH3 is 1. The Morgan fingerprint density at radius 1 is 1.15 bits per heavy atom. The molecule has 142 valence electrons. The van der Waals surface area contributed by atoms with Crippen LogP contribution in [0.3, 0.4) is 0 Å². The van der Waals surface area contributed by atoms with Crippen LogP contribution in [-0.2, 0) is 4.79 Å². The molecule has 7 nitrogen and oxygen atoms in total. The topological polar surface area (TPSA) is 85.9 Å². The van der Waals surface area contributed by atoms with E-state index in [0.717, 1.165) is 10.6 Å². The molecule has 0 fully saturated rings. The number of urea groups is 1. The number of nitrogens with one attached hydrogen (secondary N) is 2. The fourth-order valence-corrected chi connectivity index (χ4v) is 3.10. The molecular weight excluding hydrogens is 368 g/mol. The first kappa shape index (κ1) is 18.9. The molecular formula is C19H20N2O5S. The second-order valence-corrected chi connectivity index (χ2v) is 6.77. The van der Waals surface area contributed by atoms with Crippen molar-refractivity contribution in [2.75, 3.05) is 26.0 Å². The van der Waals surface area contributed by atoms with Crippen LogP contribution in [0.15, 0.2) is 53.4 Å². The minimum Gasteiger partial charge on any atom is -0.497 e. The van der Waals surface area contributed by atoms with Gasteiger partial charge in [-0.05, 0) is 36.4 Å². The molecule has 3 rings (SSSR count). The van der Waals surface area contributed by atoms with Gasteiger partial charge in [-0.3, -0.25) is 10.1 Å². The zero-order chi connectivity index (χ0) is 19.1. The van der Waals surface area contributed by atoms with Crippen LogP contribution >= 0.6 is 11.8 Å². The molecule has 0 saturated carbocycles. The SMILES string of the molecule is COc1ccc(SCC(=O)NC(=O)NCC2COc3ccccc3O2)cc1. The number of carbonyl (C=O) groups excluding carboxylic acids is 2. The van der Waals surface area contributed by atoms with E-state index in [4.69, 9.17) is 14.2 Å². The highest BCUT2D eigenvalue weighted by atomic mass is 32.2. The van der Waals surface area contributed by atoms with E-state index in [0.29, 0.717) is 18.1 Å². The van der Waals surface area contributed by atoms with Crippen LogP contribution in [-0.4, -0.2) is 44.1 Å². The maximum Gasteiger partial charge on any atom is 0.321 e. The van der Waals surface area contributed by atoms with Crippen molar-refractivity contribution in [3.05, 3.63) is 48.5 Å². The molecule has 1 atom stereocenters. The van der Waals surface area contributed by atoms with E-state index >= 15 is 0 Å². The number of carbonyl (C=O) groups is 2. The first-order chi connectivity index (χ1) is 13.1. The Morgan fingerprint density at radius 2 is 1.89 bits per heavy atom. The molecule has 0 aromatic heterocycles. The van der Waals surface area contributed by atoms with Crippen molar-refractivity contribution in [3.63, 3.8) is 0 Å². The summed E-state index contributed by atoms with van der Waals surface area (Å²) in [6.45, 7) is 0.567. The average Bonchev–Trinajstić information content (AvgIpc) is 2.71. The Kier molecular flexibility index (Phi) is 6.43. The number of rotatable bonds is 6. The van der Waals surface area contributed by atoms with Gasteiger partial charge in [0.15, 0.2) is 17.6 Å². The van der Waals surface area contributed by atoms with Gasteiger partial charge in [-0.2, -0.15) is 0 Å². The van der Waals surface area contributed by atoms with E-state index in [2.05, 4.69) is 10.6 Å². The molecule has 0 saturated heterocycles. The van der Waals surface area contributed by atoms with Crippen molar-refractivity contribution >= 4 is 23.7 Å². The van der Waals surface area contributed by atoms with Crippen molar-refractivity contribution in [1.82, 2.24) is 10.6 Å². The Morgan fingerprint density at radius 3 is 2.63 bits per heavy atom. The number of thioether (sulfide) groups is 1. The van der Waals surface area contributed by atoms with Crippen molar-refractivity contribution in [2.24, 2.45) is 0 Å². The number of imide groups is 1. The zero-order valence-electron chi connectivity index (χ0n) is 14.8. The van der Waals surface area contributed by atoms with Crippen molar-refractivity contribution in [1.29, 1.82) is 0 Å². The number of fused-ring (bicyclic) bond motifs is 1. The first-order valence-corrected chi connectivity index (χ1v) is 9.35. The lowest BCUT2D eigenvalue weighted by atomic mass is 10.2. The summed E-state index contributed by atoms with van der Waals surface area (Å²) in [5, 5.41) is 4.93. The van der Waals surface area contributed by atoms with E-state index in [1.807, 2.05) is 48.5 Å². The number of hydrogen-bond acceptors (Lipinski definition) is 6. The number of hydrogen-bond donors (Lipinski definition) is 2. The predicted molar refractivity (Wildman–Crippen MR) is 102 cm³/mol. The van der Waals surface area contributed by atoms with Crippen LogP contribution in [0.4, 0.5) is 4.79 Å². The molecule has 1 unspecified atom stereocenters. The maximum absolute atomic E-state index is 11.9. The summed E-state index contributed by atoms with van der Waals surface area (Å²) in [6, 6.07) is 14.1. The lowest BCUT2D eigenvalue weighted by molar-refractivity contribution is -0.117. The van der Waals surface area contributed by atoms with Gasteiger partial charge in [-0.1, -0.05) is 12.1 Å². The van der Waals surface area contributed by atoms with Crippen molar-refractivity contribution < 1.29 is 23.8 Å². The highest BCUT2D eigenvalue weighted by Crippen LogP contribution is 2.30. The van der Waals surface area contributed by atoms with Gasteiger partial charge < -0.3 is 19.5 Å². The molecule has 3 amide bonds. The Hall–Kier alpha value is -2.87. The highest BCUT2D eigenvalue weighted by molar-refractivity contribution is 8.00. The van der Waals surface area contributed by atoms with E-state index < -0.39 is 6.03 Å². The van der Waals surface area contributed by atoms with Crippen LogP contribution in [0.2, 0.25) is 0 Å². The summed E-state index contributed by atoms with van der Waals surface area (Å²) in [4.78, 5) is 24.7. The second-order valence-electron chi connectivity index (χ2n) is 5.72. The molecule has 0 bridgehead atoms. The van der Waals surface area contributed by atoms with Gasteiger partial charge in [0.1, 0.15) is 12.4 Å². The zero-order valence-corrected chi connectivity index (χ0v) is 15.6.